The summed E-state index contributed by atoms with van der Waals surface area (Å²) >= 11 is 0. The van der Waals surface area contributed by atoms with Crippen molar-refractivity contribution in [1.82, 2.24) is 0 Å². The number of hydrogen-bond acceptors (Lipinski definition) is 4. The molecule has 0 heterocycles. The molecule has 0 N–H and O–H groups in total. The molecular formula is C14H30O4. The Bertz CT molecular complexity index is 166. The van der Waals surface area contributed by atoms with E-state index in [0.29, 0.717) is 45.1 Å². The quantitative estimate of drug-likeness (QED) is 0.506. The van der Waals surface area contributed by atoms with Gasteiger partial charge in [0.25, 0.3) is 0 Å². The van der Waals surface area contributed by atoms with Crippen molar-refractivity contribution in [3.8, 4) is 0 Å². The zero-order chi connectivity index (χ0) is 13.7. The van der Waals surface area contributed by atoms with Crippen LogP contribution in [0.4, 0.5) is 0 Å². The molecule has 0 aromatic rings. The third kappa shape index (κ3) is 15.8. The van der Waals surface area contributed by atoms with E-state index in [9.17, 15) is 0 Å². The maximum absolute atomic E-state index is 5.49. The van der Waals surface area contributed by atoms with Gasteiger partial charge < -0.3 is 18.9 Å². The molecule has 18 heavy (non-hydrogen) atoms. The van der Waals surface area contributed by atoms with E-state index >= 15 is 0 Å². The lowest BCUT2D eigenvalue weighted by Gasteiger charge is -2.17. The molecule has 0 aromatic heterocycles. The highest BCUT2D eigenvalue weighted by molar-refractivity contribution is 4.60. The van der Waals surface area contributed by atoms with Crippen LogP contribution in [-0.2, 0) is 18.9 Å². The molecule has 0 aromatic carbocycles. The standard InChI is InChI=1S/C14H30O4/c1-14(2,3)6-5-7-16-10-11-18-13-12-17-9-8-15-4/h5-13H2,1-4H3. The Labute approximate surface area is 112 Å². The van der Waals surface area contributed by atoms with E-state index in [-0.39, 0.29) is 0 Å². The zero-order valence-electron chi connectivity index (χ0n) is 12.5. The van der Waals surface area contributed by atoms with Gasteiger partial charge in [-0.1, -0.05) is 20.8 Å². The lowest BCUT2D eigenvalue weighted by molar-refractivity contribution is 0.00265. The van der Waals surface area contributed by atoms with Gasteiger partial charge in [-0.2, -0.15) is 0 Å². The summed E-state index contributed by atoms with van der Waals surface area (Å²) in [6.45, 7) is 11.4. The molecule has 0 aliphatic carbocycles. The highest BCUT2D eigenvalue weighted by Crippen LogP contribution is 2.20. The molecule has 0 unspecified atom stereocenters. The van der Waals surface area contributed by atoms with Crippen LogP contribution < -0.4 is 0 Å². The molecule has 0 rings (SSSR count). The molecule has 0 atom stereocenters. The van der Waals surface area contributed by atoms with E-state index in [2.05, 4.69) is 20.8 Å². The lowest BCUT2D eigenvalue weighted by atomic mass is 9.91. The predicted octanol–water partition coefficient (Wildman–Crippen LogP) is 2.51. The topological polar surface area (TPSA) is 36.9 Å². The van der Waals surface area contributed by atoms with Gasteiger partial charge in [0, 0.05) is 13.7 Å². The van der Waals surface area contributed by atoms with Crippen LogP contribution in [0.1, 0.15) is 33.6 Å². The lowest BCUT2D eigenvalue weighted by Crippen LogP contribution is -2.12. The van der Waals surface area contributed by atoms with Crippen molar-refractivity contribution in [3.05, 3.63) is 0 Å². The smallest absolute Gasteiger partial charge is 0.0701 e. The second kappa shape index (κ2) is 11.9. The summed E-state index contributed by atoms with van der Waals surface area (Å²) in [7, 11) is 1.66. The van der Waals surface area contributed by atoms with Gasteiger partial charge in [-0.3, -0.25) is 0 Å². The predicted molar refractivity (Wildman–Crippen MR) is 73.0 cm³/mol. The third-order valence-electron chi connectivity index (χ3n) is 2.39. The Hall–Kier alpha value is -0.160. The van der Waals surface area contributed by atoms with Crippen molar-refractivity contribution in [2.45, 2.75) is 33.6 Å². The Morgan fingerprint density at radius 1 is 0.667 bits per heavy atom. The SMILES string of the molecule is COCCOCCOCCOCCCC(C)(C)C. The van der Waals surface area contributed by atoms with Gasteiger partial charge in [0.05, 0.1) is 39.6 Å². The molecule has 4 heteroatoms. The summed E-state index contributed by atoms with van der Waals surface area (Å²) in [5, 5.41) is 0. The van der Waals surface area contributed by atoms with Crippen molar-refractivity contribution in [3.63, 3.8) is 0 Å². The molecule has 0 radical (unpaired) electrons. The minimum absolute atomic E-state index is 0.402. The Kier molecular flexibility index (Phi) is 11.8. The normalized spacial score (nSPS) is 12.0. The minimum atomic E-state index is 0.402. The summed E-state index contributed by atoms with van der Waals surface area (Å²) in [4.78, 5) is 0. The monoisotopic (exact) mass is 262 g/mol. The van der Waals surface area contributed by atoms with Crippen molar-refractivity contribution in [2.24, 2.45) is 5.41 Å². The number of methoxy groups -OCH3 is 1. The first-order valence-electron chi connectivity index (χ1n) is 6.78. The van der Waals surface area contributed by atoms with E-state index in [1.54, 1.807) is 7.11 Å². The van der Waals surface area contributed by atoms with E-state index in [4.69, 9.17) is 18.9 Å². The zero-order valence-corrected chi connectivity index (χ0v) is 12.5. The van der Waals surface area contributed by atoms with Gasteiger partial charge in [-0.05, 0) is 18.3 Å². The molecule has 0 fully saturated rings. The average Bonchev–Trinajstić information content (AvgIpc) is 2.29. The van der Waals surface area contributed by atoms with Crippen molar-refractivity contribution < 1.29 is 18.9 Å². The Morgan fingerprint density at radius 2 is 1.11 bits per heavy atom. The molecule has 0 saturated heterocycles. The largest absolute Gasteiger partial charge is 0.382 e. The fraction of sp³-hybridized carbons (Fsp3) is 1.00. The van der Waals surface area contributed by atoms with Crippen LogP contribution in [0.15, 0.2) is 0 Å². The second-order valence-corrected chi connectivity index (χ2v) is 5.49. The molecule has 0 bridgehead atoms. The van der Waals surface area contributed by atoms with Crippen LogP contribution in [0.5, 0.6) is 0 Å². The Morgan fingerprint density at radius 3 is 1.56 bits per heavy atom. The van der Waals surface area contributed by atoms with Crippen LogP contribution in [-0.4, -0.2) is 53.4 Å². The van der Waals surface area contributed by atoms with Gasteiger partial charge >= 0.3 is 0 Å². The maximum Gasteiger partial charge on any atom is 0.0701 e. The van der Waals surface area contributed by atoms with Crippen LogP contribution in [0.3, 0.4) is 0 Å². The van der Waals surface area contributed by atoms with Crippen molar-refractivity contribution in [1.29, 1.82) is 0 Å². The molecule has 0 aliphatic heterocycles. The summed E-state index contributed by atoms with van der Waals surface area (Å²) in [5.41, 5.74) is 0.402. The summed E-state index contributed by atoms with van der Waals surface area (Å²) in [6, 6.07) is 0. The van der Waals surface area contributed by atoms with Gasteiger partial charge in [0.15, 0.2) is 0 Å². The number of ether oxygens (including phenoxy) is 4. The van der Waals surface area contributed by atoms with Crippen LogP contribution in [0, 0.1) is 5.41 Å². The van der Waals surface area contributed by atoms with Gasteiger partial charge in [-0.15, -0.1) is 0 Å². The molecule has 0 aliphatic rings. The first kappa shape index (κ1) is 17.8. The van der Waals surface area contributed by atoms with E-state index in [0.717, 1.165) is 13.0 Å². The minimum Gasteiger partial charge on any atom is -0.382 e. The molecular weight excluding hydrogens is 232 g/mol. The third-order valence-corrected chi connectivity index (χ3v) is 2.39. The average molecular weight is 262 g/mol. The maximum atomic E-state index is 5.49. The Balaban J connectivity index is 2.99. The summed E-state index contributed by atoms with van der Waals surface area (Å²) in [6.07, 6.45) is 2.31. The van der Waals surface area contributed by atoms with Crippen molar-refractivity contribution >= 4 is 0 Å². The molecule has 0 amide bonds. The van der Waals surface area contributed by atoms with Crippen molar-refractivity contribution in [2.75, 3.05) is 53.4 Å². The summed E-state index contributed by atoms with van der Waals surface area (Å²) in [5.74, 6) is 0. The van der Waals surface area contributed by atoms with Crippen LogP contribution in [0.25, 0.3) is 0 Å². The summed E-state index contributed by atoms with van der Waals surface area (Å²) < 4.78 is 21.0. The van der Waals surface area contributed by atoms with E-state index < -0.39 is 0 Å². The second-order valence-electron chi connectivity index (χ2n) is 5.49. The highest BCUT2D eigenvalue weighted by atomic mass is 16.6. The first-order valence-corrected chi connectivity index (χ1v) is 6.78. The van der Waals surface area contributed by atoms with Crippen LogP contribution in [0.2, 0.25) is 0 Å². The first-order chi connectivity index (χ1) is 8.56. The fourth-order valence-corrected chi connectivity index (χ4v) is 1.39. The van der Waals surface area contributed by atoms with Crippen LogP contribution >= 0.6 is 0 Å². The molecule has 110 valence electrons. The van der Waals surface area contributed by atoms with Gasteiger partial charge in [-0.25, -0.2) is 0 Å². The number of rotatable bonds is 12. The fourth-order valence-electron chi connectivity index (χ4n) is 1.39. The van der Waals surface area contributed by atoms with Gasteiger partial charge in [0.1, 0.15) is 0 Å². The molecule has 0 spiro atoms. The van der Waals surface area contributed by atoms with E-state index in [1.807, 2.05) is 0 Å². The van der Waals surface area contributed by atoms with Gasteiger partial charge in [0.2, 0.25) is 0 Å². The highest BCUT2D eigenvalue weighted by Gasteiger charge is 2.08. The van der Waals surface area contributed by atoms with E-state index in [1.165, 1.54) is 6.42 Å². The molecule has 4 nitrogen and oxygen atoms in total. The number of hydrogen-bond donors (Lipinski definition) is 0. The molecule has 0 saturated carbocycles.